The maximum Gasteiger partial charge on any atom is 0.147 e. The molecule has 1 aliphatic heterocycles. The van der Waals surface area contributed by atoms with Gasteiger partial charge in [0, 0.05) is 0 Å². The van der Waals surface area contributed by atoms with Crippen molar-refractivity contribution < 1.29 is 9.47 Å². The van der Waals surface area contributed by atoms with Gasteiger partial charge < -0.3 is 9.47 Å². The highest BCUT2D eigenvalue weighted by molar-refractivity contribution is 5.29. The van der Waals surface area contributed by atoms with Crippen LogP contribution in [0.25, 0.3) is 0 Å². The molecule has 6 rings (SSSR count). The van der Waals surface area contributed by atoms with Crippen molar-refractivity contribution in [3.05, 3.63) is 12.2 Å². The average Bonchev–Trinajstić information content (AvgIpc) is 3.33. The van der Waals surface area contributed by atoms with E-state index in [0.29, 0.717) is 47.6 Å². The quantitative estimate of drug-likeness (QED) is 0.316. The van der Waals surface area contributed by atoms with Crippen LogP contribution in [-0.2, 0) is 9.47 Å². The van der Waals surface area contributed by atoms with E-state index in [1.807, 2.05) is 0 Å². The van der Waals surface area contributed by atoms with Gasteiger partial charge in [-0.3, -0.25) is 0 Å². The second-order valence-electron chi connectivity index (χ2n) is 18.5. The highest BCUT2D eigenvalue weighted by Gasteiger charge is 2.68. The molecule has 0 aromatic carbocycles. The maximum absolute atomic E-state index is 6.10. The van der Waals surface area contributed by atoms with Crippen LogP contribution in [0.1, 0.15) is 121 Å². The second-order valence-corrected chi connectivity index (χ2v) is 18.5. The van der Waals surface area contributed by atoms with E-state index in [1.54, 1.807) is 5.57 Å². The van der Waals surface area contributed by atoms with E-state index in [2.05, 4.69) is 76.2 Å². The minimum absolute atomic E-state index is 0.229. The molecule has 16 atom stereocenters. The van der Waals surface area contributed by atoms with E-state index >= 15 is 0 Å². The van der Waals surface area contributed by atoms with Crippen molar-refractivity contribution in [2.24, 2.45) is 93.2 Å². The fraction of sp³-hybridized carbons (Fsp3) is 0.949. The van der Waals surface area contributed by atoms with Gasteiger partial charge in [0.05, 0.1) is 12.2 Å². The molecule has 234 valence electrons. The van der Waals surface area contributed by atoms with Crippen LogP contribution < -0.4 is 0 Å². The first-order chi connectivity index (χ1) is 19.1. The molecule has 6 fully saturated rings. The van der Waals surface area contributed by atoms with Crippen LogP contribution in [0.3, 0.4) is 0 Å². The lowest BCUT2D eigenvalue weighted by atomic mass is 9.32. The van der Waals surface area contributed by atoms with Crippen molar-refractivity contribution in [3.63, 3.8) is 0 Å². The van der Waals surface area contributed by atoms with Gasteiger partial charge in [-0.05, 0) is 138 Å². The van der Waals surface area contributed by atoms with Crippen LogP contribution >= 0.6 is 0 Å². The van der Waals surface area contributed by atoms with Crippen LogP contribution in [0, 0.1) is 93.2 Å². The summed E-state index contributed by atoms with van der Waals surface area (Å²) in [5.41, 5.74) is 2.63. The number of rotatable bonds is 3. The van der Waals surface area contributed by atoms with Crippen molar-refractivity contribution in [1.82, 2.24) is 0 Å². The molecule has 1 saturated heterocycles. The van der Waals surface area contributed by atoms with E-state index in [0.717, 1.165) is 59.2 Å². The Morgan fingerprint density at radius 1 is 0.805 bits per heavy atom. The third-order valence-corrected chi connectivity index (χ3v) is 16.0. The molecule has 6 aliphatic rings. The van der Waals surface area contributed by atoms with Crippen molar-refractivity contribution in [2.45, 2.75) is 133 Å². The van der Waals surface area contributed by atoms with Gasteiger partial charge in [-0.1, -0.05) is 88.3 Å². The fourth-order valence-electron chi connectivity index (χ4n) is 14.6. The van der Waals surface area contributed by atoms with Gasteiger partial charge in [0.1, 0.15) is 6.79 Å². The standard InChI is InChI=1S/C39H66O2/c1-21(2)29-16-30(28-13-14-32-33(15-28)41-20-40-32)24(6)35-25(7)36-27(9)39(12)26(8)34(22(3)4)23(5)17-38(39,11)19-37(36,10)18-31(29)35/h21-25,27-36H,8,13-20H2,1-7,9-12H3. The third-order valence-electron chi connectivity index (χ3n) is 16.0. The summed E-state index contributed by atoms with van der Waals surface area (Å²) >= 11 is 0. The Kier molecular flexibility index (Phi) is 7.75. The molecule has 5 saturated carbocycles. The SMILES string of the molecule is C=C1C(C(C)C)C(C)CC2(C)CC3(C)CC4C(C(C)C)CC(C5CCC6OCOC6C5)C(C)C4C(C)C3C(C)C12C. The van der Waals surface area contributed by atoms with Crippen LogP contribution in [0.15, 0.2) is 12.2 Å². The molecule has 2 heteroatoms. The van der Waals surface area contributed by atoms with Crippen molar-refractivity contribution in [3.8, 4) is 0 Å². The fourth-order valence-corrected chi connectivity index (χ4v) is 14.6. The molecule has 1 heterocycles. The molecule has 2 nitrogen and oxygen atoms in total. The first kappa shape index (κ1) is 30.7. The van der Waals surface area contributed by atoms with Gasteiger partial charge in [-0.25, -0.2) is 0 Å². The van der Waals surface area contributed by atoms with Crippen LogP contribution in [0.2, 0.25) is 0 Å². The minimum Gasteiger partial charge on any atom is -0.349 e. The Morgan fingerprint density at radius 2 is 1.49 bits per heavy atom. The molecular weight excluding hydrogens is 500 g/mol. The number of hydrogen-bond donors (Lipinski definition) is 0. The zero-order valence-electron chi connectivity index (χ0n) is 28.8. The number of fused-ring (bicyclic) bond motifs is 4. The van der Waals surface area contributed by atoms with Gasteiger partial charge in [0.15, 0.2) is 0 Å². The Labute approximate surface area is 254 Å². The van der Waals surface area contributed by atoms with E-state index < -0.39 is 0 Å². The summed E-state index contributed by atoms with van der Waals surface area (Å²) in [7, 11) is 0. The van der Waals surface area contributed by atoms with Crippen LogP contribution in [0.4, 0.5) is 0 Å². The summed E-state index contributed by atoms with van der Waals surface area (Å²) in [6.45, 7) is 34.4. The second kappa shape index (κ2) is 10.4. The Balaban J connectivity index is 1.35. The number of allylic oxidation sites excluding steroid dienone is 1. The molecule has 0 radical (unpaired) electrons. The molecule has 16 unspecified atom stereocenters. The lowest BCUT2D eigenvalue weighted by molar-refractivity contribution is -0.215. The molecular formula is C39H66O2. The Bertz CT molecular complexity index is 1000. The molecule has 0 aromatic heterocycles. The maximum atomic E-state index is 6.10. The summed E-state index contributed by atoms with van der Waals surface area (Å²) in [6.07, 6.45) is 10.2. The van der Waals surface area contributed by atoms with Crippen molar-refractivity contribution in [2.75, 3.05) is 6.79 Å². The summed E-state index contributed by atoms with van der Waals surface area (Å²) in [4.78, 5) is 0. The largest absolute Gasteiger partial charge is 0.349 e. The summed E-state index contributed by atoms with van der Waals surface area (Å²) in [5, 5.41) is 0. The summed E-state index contributed by atoms with van der Waals surface area (Å²) < 4.78 is 12.0. The van der Waals surface area contributed by atoms with Gasteiger partial charge in [-0.2, -0.15) is 0 Å². The number of ether oxygens (including phenoxy) is 2. The van der Waals surface area contributed by atoms with Crippen LogP contribution in [0.5, 0.6) is 0 Å². The normalized spacial score (nSPS) is 57.2. The smallest absolute Gasteiger partial charge is 0.147 e. The van der Waals surface area contributed by atoms with E-state index in [1.165, 1.54) is 44.9 Å². The average molecular weight is 567 g/mol. The van der Waals surface area contributed by atoms with Crippen LogP contribution in [-0.4, -0.2) is 19.0 Å². The predicted molar refractivity (Wildman–Crippen MR) is 171 cm³/mol. The molecule has 0 N–H and O–H groups in total. The van der Waals surface area contributed by atoms with E-state index in [9.17, 15) is 0 Å². The topological polar surface area (TPSA) is 18.5 Å². The van der Waals surface area contributed by atoms with Crippen molar-refractivity contribution in [1.29, 1.82) is 0 Å². The zero-order valence-corrected chi connectivity index (χ0v) is 28.8. The lowest BCUT2D eigenvalue weighted by Crippen LogP contribution is -2.65. The van der Waals surface area contributed by atoms with E-state index in [-0.39, 0.29) is 5.41 Å². The summed E-state index contributed by atoms with van der Waals surface area (Å²) in [5.74, 6) is 10.2. The van der Waals surface area contributed by atoms with Gasteiger partial charge >= 0.3 is 0 Å². The third kappa shape index (κ3) is 4.35. The van der Waals surface area contributed by atoms with Gasteiger partial charge in [-0.15, -0.1) is 0 Å². The zero-order chi connectivity index (χ0) is 29.8. The van der Waals surface area contributed by atoms with Gasteiger partial charge in [0.25, 0.3) is 0 Å². The highest BCUT2D eigenvalue weighted by atomic mass is 16.7. The minimum atomic E-state index is 0.229. The summed E-state index contributed by atoms with van der Waals surface area (Å²) in [6, 6.07) is 0. The van der Waals surface area contributed by atoms with Gasteiger partial charge in [0.2, 0.25) is 0 Å². The Morgan fingerprint density at radius 3 is 2.15 bits per heavy atom. The van der Waals surface area contributed by atoms with Crippen molar-refractivity contribution >= 4 is 0 Å². The molecule has 0 spiro atoms. The molecule has 41 heavy (non-hydrogen) atoms. The molecule has 0 bridgehead atoms. The molecule has 5 aliphatic carbocycles. The monoisotopic (exact) mass is 567 g/mol. The molecule has 0 amide bonds. The predicted octanol–water partition coefficient (Wildman–Crippen LogP) is 10.3. The Hall–Kier alpha value is -0.340. The first-order valence-electron chi connectivity index (χ1n) is 18.1. The number of hydrogen-bond acceptors (Lipinski definition) is 2. The lowest BCUT2D eigenvalue weighted by Gasteiger charge is -2.72. The molecule has 0 aromatic rings. The van der Waals surface area contributed by atoms with E-state index in [4.69, 9.17) is 16.1 Å². The highest BCUT2D eigenvalue weighted by Crippen LogP contribution is 2.75. The first-order valence-corrected chi connectivity index (χ1v) is 18.1.